The molecule has 2 aromatic carbocycles. The molecule has 0 spiro atoms. The summed E-state index contributed by atoms with van der Waals surface area (Å²) in [6, 6.07) is 8.86. The number of fused-ring (bicyclic) bond motifs is 2. The largest absolute Gasteiger partial charge is 0.493 e. The van der Waals surface area contributed by atoms with E-state index in [1.165, 1.54) is 12.3 Å². The van der Waals surface area contributed by atoms with Gasteiger partial charge in [0.1, 0.15) is 11.9 Å². The van der Waals surface area contributed by atoms with E-state index >= 15 is 0 Å². The van der Waals surface area contributed by atoms with Gasteiger partial charge in [0, 0.05) is 29.9 Å². The van der Waals surface area contributed by atoms with Crippen molar-refractivity contribution >= 4 is 33.9 Å². The molecule has 0 aliphatic carbocycles. The molecule has 0 saturated carbocycles. The van der Waals surface area contributed by atoms with Crippen LogP contribution in [0.3, 0.4) is 0 Å². The summed E-state index contributed by atoms with van der Waals surface area (Å²) in [4.78, 5) is 6.59. The van der Waals surface area contributed by atoms with Crippen LogP contribution in [-0.4, -0.2) is 37.2 Å². The molecule has 3 aromatic rings. The zero-order chi connectivity index (χ0) is 23.4. The third kappa shape index (κ3) is 5.13. The highest BCUT2D eigenvalue weighted by Crippen LogP contribution is 2.38. The smallest absolute Gasteiger partial charge is 0.162 e. The lowest BCUT2D eigenvalue weighted by Crippen LogP contribution is -2.20. The normalized spacial score (nSPS) is 15.4. The topological polar surface area (TPSA) is 70.4 Å². The lowest BCUT2D eigenvalue weighted by atomic mass is 10.1. The van der Waals surface area contributed by atoms with Crippen LogP contribution in [0.4, 0.5) is 15.8 Å². The summed E-state index contributed by atoms with van der Waals surface area (Å²) in [5, 5.41) is 13.8. The number of hydrogen-bond donors (Lipinski definition) is 1. The van der Waals surface area contributed by atoms with Crippen molar-refractivity contribution in [2.75, 3.05) is 32.6 Å². The van der Waals surface area contributed by atoms with E-state index in [0.717, 1.165) is 37.8 Å². The second-order valence-electron chi connectivity index (χ2n) is 8.23. The number of benzene rings is 2. The minimum atomic E-state index is -0.472. The molecule has 0 radical (unpaired) electrons. The number of aromatic nitrogens is 1. The SMILES string of the molecule is COc1cc2ncc(C#N)c3c2cc1OCCCCCCN(C)Cc1cc(F)c(Cl)cc1N3. The summed E-state index contributed by atoms with van der Waals surface area (Å²) < 4.78 is 25.9. The summed E-state index contributed by atoms with van der Waals surface area (Å²) in [6.07, 6.45) is 5.62. The number of anilines is 2. The maximum absolute atomic E-state index is 14.4. The lowest BCUT2D eigenvalue weighted by Gasteiger charge is -2.21. The Morgan fingerprint density at radius 1 is 1.21 bits per heavy atom. The minimum Gasteiger partial charge on any atom is -0.493 e. The maximum Gasteiger partial charge on any atom is 0.162 e. The molecular weight excluding hydrogens is 443 g/mol. The molecule has 4 rings (SSSR count). The number of nitrogens with zero attached hydrogens (tertiary/aromatic N) is 3. The fourth-order valence-corrected chi connectivity index (χ4v) is 4.21. The highest BCUT2D eigenvalue weighted by molar-refractivity contribution is 6.31. The Labute approximate surface area is 197 Å². The molecule has 1 aliphatic heterocycles. The minimum absolute atomic E-state index is 0.0147. The average molecular weight is 469 g/mol. The zero-order valence-corrected chi connectivity index (χ0v) is 19.5. The van der Waals surface area contributed by atoms with Gasteiger partial charge in [0.2, 0.25) is 0 Å². The van der Waals surface area contributed by atoms with Crippen LogP contribution in [0.25, 0.3) is 10.9 Å². The number of methoxy groups -OCH3 is 1. The molecule has 0 fully saturated rings. The van der Waals surface area contributed by atoms with Crippen molar-refractivity contribution in [2.24, 2.45) is 0 Å². The molecule has 8 heteroatoms. The van der Waals surface area contributed by atoms with Gasteiger partial charge in [-0.2, -0.15) is 5.26 Å². The van der Waals surface area contributed by atoms with Gasteiger partial charge in [0.05, 0.1) is 35.5 Å². The fraction of sp³-hybridized carbons (Fsp3) is 0.360. The van der Waals surface area contributed by atoms with Crippen LogP contribution < -0.4 is 14.8 Å². The first-order valence-electron chi connectivity index (χ1n) is 11.0. The van der Waals surface area contributed by atoms with Crippen LogP contribution in [-0.2, 0) is 6.54 Å². The van der Waals surface area contributed by atoms with Gasteiger partial charge in [-0.05, 0) is 50.2 Å². The van der Waals surface area contributed by atoms with Crippen molar-refractivity contribution in [3.63, 3.8) is 0 Å². The van der Waals surface area contributed by atoms with E-state index in [0.29, 0.717) is 52.5 Å². The van der Waals surface area contributed by atoms with Gasteiger partial charge in [0.25, 0.3) is 0 Å². The number of nitriles is 1. The highest BCUT2D eigenvalue weighted by atomic mass is 35.5. The number of rotatable bonds is 1. The Morgan fingerprint density at radius 3 is 2.82 bits per heavy atom. The van der Waals surface area contributed by atoms with E-state index < -0.39 is 5.82 Å². The van der Waals surface area contributed by atoms with Gasteiger partial charge >= 0.3 is 0 Å². The van der Waals surface area contributed by atoms with Crippen LogP contribution in [0, 0.1) is 17.1 Å². The molecule has 1 N–H and O–H groups in total. The second kappa shape index (κ2) is 10.2. The van der Waals surface area contributed by atoms with Crippen molar-refractivity contribution in [3.8, 4) is 17.6 Å². The van der Waals surface area contributed by atoms with Gasteiger partial charge in [-0.1, -0.05) is 24.4 Å². The van der Waals surface area contributed by atoms with Gasteiger partial charge in [0.15, 0.2) is 11.5 Å². The van der Waals surface area contributed by atoms with Gasteiger partial charge < -0.3 is 19.7 Å². The molecule has 0 amide bonds. The highest BCUT2D eigenvalue weighted by Gasteiger charge is 2.18. The van der Waals surface area contributed by atoms with Gasteiger partial charge in [-0.15, -0.1) is 0 Å². The van der Waals surface area contributed by atoms with Crippen LogP contribution in [0.2, 0.25) is 5.02 Å². The number of ether oxygens (including phenoxy) is 2. The molecule has 172 valence electrons. The standard InChI is InChI=1S/C25H26ClFN4O2/c1-31-7-5-3-4-6-8-33-24-10-18-22(12-23(24)32-2)29-14-17(13-28)25(18)30-21-11-19(26)20(27)9-16(21)15-31/h9-12,14,30H,3-8,15H2,1-2H3. The predicted molar refractivity (Wildman–Crippen MR) is 128 cm³/mol. The van der Waals surface area contributed by atoms with E-state index in [2.05, 4.69) is 21.3 Å². The fourth-order valence-electron chi connectivity index (χ4n) is 4.05. The van der Waals surface area contributed by atoms with E-state index in [1.54, 1.807) is 19.2 Å². The average Bonchev–Trinajstić information content (AvgIpc) is 2.80. The van der Waals surface area contributed by atoms with E-state index in [4.69, 9.17) is 21.1 Å². The summed E-state index contributed by atoms with van der Waals surface area (Å²) in [5.41, 5.74) is 2.97. The molecule has 2 bridgehead atoms. The second-order valence-corrected chi connectivity index (χ2v) is 8.64. The summed E-state index contributed by atoms with van der Waals surface area (Å²) in [6.45, 7) is 2.01. The number of nitrogens with one attached hydrogen (secondary N) is 1. The first kappa shape index (κ1) is 23.1. The number of halogens is 2. The molecule has 0 saturated heterocycles. The van der Waals surface area contributed by atoms with Crippen LogP contribution >= 0.6 is 11.6 Å². The summed E-state index contributed by atoms with van der Waals surface area (Å²) in [5.74, 6) is 0.702. The summed E-state index contributed by atoms with van der Waals surface area (Å²) >= 11 is 6.14. The molecule has 0 unspecified atom stereocenters. The third-order valence-corrected chi connectivity index (χ3v) is 6.10. The monoisotopic (exact) mass is 468 g/mol. The van der Waals surface area contributed by atoms with Crippen molar-refractivity contribution in [1.29, 1.82) is 5.26 Å². The number of pyridine rings is 1. The van der Waals surface area contributed by atoms with Crippen molar-refractivity contribution < 1.29 is 13.9 Å². The quantitative estimate of drug-likeness (QED) is 0.469. The molecule has 1 aliphatic rings. The van der Waals surface area contributed by atoms with Crippen LogP contribution in [0.1, 0.15) is 36.8 Å². The number of hydrogen-bond acceptors (Lipinski definition) is 6. The Kier molecular flexibility index (Phi) is 7.17. The Hall–Kier alpha value is -3.08. The van der Waals surface area contributed by atoms with Gasteiger partial charge in [-0.3, -0.25) is 4.98 Å². The van der Waals surface area contributed by atoms with E-state index in [-0.39, 0.29) is 5.02 Å². The van der Waals surface area contributed by atoms with Crippen LogP contribution in [0.5, 0.6) is 11.5 Å². The summed E-state index contributed by atoms with van der Waals surface area (Å²) in [7, 11) is 3.61. The first-order chi connectivity index (χ1) is 16.0. The molecular formula is C25H26ClFN4O2. The lowest BCUT2D eigenvalue weighted by molar-refractivity contribution is 0.280. The Bertz CT molecular complexity index is 1210. The Morgan fingerprint density at radius 2 is 2.03 bits per heavy atom. The first-order valence-corrected chi connectivity index (χ1v) is 11.3. The Balaban J connectivity index is 1.90. The van der Waals surface area contributed by atoms with Gasteiger partial charge in [-0.25, -0.2) is 4.39 Å². The molecule has 2 heterocycles. The molecule has 0 atom stereocenters. The van der Waals surface area contributed by atoms with E-state index in [9.17, 15) is 9.65 Å². The van der Waals surface area contributed by atoms with E-state index in [1.807, 2.05) is 13.1 Å². The molecule has 6 nitrogen and oxygen atoms in total. The molecule has 1 aromatic heterocycles. The third-order valence-electron chi connectivity index (χ3n) is 5.81. The zero-order valence-electron chi connectivity index (χ0n) is 18.8. The predicted octanol–water partition coefficient (Wildman–Crippen LogP) is 6.04. The van der Waals surface area contributed by atoms with Crippen molar-refractivity contribution in [1.82, 2.24) is 9.88 Å². The maximum atomic E-state index is 14.4. The van der Waals surface area contributed by atoms with Crippen LogP contribution in [0.15, 0.2) is 30.5 Å². The van der Waals surface area contributed by atoms with Crippen molar-refractivity contribution in [2.45, 2.75) is 32.2 Å². The van der Waals surface area contributed by atoms with Crippen molar-refractivity contribution in [3.05, 3.63) is 52.4 Å². The molecule has 33 heavy (non-hydrogen) atoms.